The molecule has 34 heavy (non-hydrogen) atoms. The average molecular weight is 498 g/mol. The third-order valence-electron chi connectivity index (χ3n) is 5.47. The lowest BCUT2D eigenvalue weighted by atomic mass is 9.99. The van der Waals surface area contributed by atoms with E-state index < -0.39 is 0 Å². The van der Waals surface area contributed by atoms with Crippen LogP contribution in [0.4, 0.5) is 5.69 Å². The van der Waals surface area contributed by atoms with Crippen molar-refractivity contribution in [1.29, 1.82) is 0 Å². The molecule has 3 aromatic heterocycles. The fraction of sp³-hybridized carbons (Fsp3) is 0.250. The Labute approximate surface area is 205 Å². The number of hydrogen-bond donors (Lipinski definition) is 2. The van der Waals surface area contributed by atoms with E-state index in [0.29, 0.717) is 28.0 Å². The van der Waals surface area contributed by atoms with Gasteiger partial charge in [-0.2, -0.15) is 5.10 Å². The van der Waals surface area contributed by atoms with Crippen LogP contribution >= 0.6 is 23.5 Å². The minimum atomic E-state index is -0.361. The summed E-state index contributed by atoms with van der Waals surface area (Å²) in [5.41, 5.74) is 4.04. The summed E-state index contributed by atoms with van der Waals surface area (Å²) in [6, 6.07) is 6.80. The van der Waals surface area contributed by atoms with Crippen LogP contribution in [-0.4, -0.2) is 26.9 Å². The second-order valence-corrected chi connectivity index (χ2v) is 9.05. The normalized spacial score (nSPS) is 12.1. The van der Waals surface area contributed by atoms with Crippen LogP contribution in [0.5, 0.6) is 0 Å². The van der Waals surface area contributed by atoms with Crippen LogP contribution in [0, 0.1) is 13.8 Å². The number of nitrogens with zero attached hydrogens (tertiary/aromatic N) is 3. The molecule has 0 radical (unpaired) electrons. The van der Waals surface area contributed by atoms with E-state index in [9.17, 15) is 9.59 Å². The molecule has 0 aliphatic heterocycles. The van der Waals surface area contributed by atoms with Gasteiger partial charge in [-0.3, -0.25) is 19.0 Å². The Kier molecular flexibility index (Phi) is 6.67. The van der Waals surface area contributed by atoms with Crippen molar-refractivity contribution < 1.29 is 9.21 Å². The van der Waals surface area contributed by atoms with Crippen LogP contribution in [0.15, 0.2) is 45.9 Å². The quantitative estimate of drug-likeness (QED) is 0.284. The predicted molar refractivity (Wildman–Crippen MR) is 136 cm³/mol. The summed E-state index contributed by atoms with van der Waals surface area (Å²) in [5.74, 6) is 0.121. The molecule has 0 saturated carbocycles. The summed E-state index contributed by atoms with van der Waals surface area (Å²) >= 11 is 7.22. The van der Waals surface area contributed by atoms with Crippen molar-refractivity contribution in [3.05, 3.63) is 74.4 Å². The Balaban J connectivity index is 1.84. The van der Waals surface area contributed by atoms with Gasteiger partial charge >= 0.3 is 0 Å². The number of fused-ring (bicyclic) bond motifs is 1. The van der Waals surface area contributed by atoms with Crippen molar-refractivity contribution >= 4 is 46.1 Å². The summed E-state index contributed by atoms with van der Waals surface area (Å²) in [4.78, 5) is 30.0. The molecule has 4 rings (SSSR count). The molecular formula is C24H24ClN5O3S. The third-order valence-corrected chi connectivity index (χ3v) is 6.07. The maximum atomic E-state index is 13.3. The fourth-order valence-corrected chi connectivity index (χ4v) is 4.31. The highest BCUT2D eigenvalue weighted by molar-refractivity contribution is 7.97. The Bertz CT molecular complexity index is 1460. The molecule has 176 valence electrons. The zero-order valence-corrected chi connectivity index (χ0v) is 21.0. The number of anilines is 1. The van der Waals surface area contributed by atoms with Crippen molar-refractivity contribution in [1.82, 2.24) is 19.5 Å². The van der Waals surface area contributed by atoms with Gasteiger partial charge in [0.25, 0.3) is 5.91 Å². The van der Waals surface area contributed by atoms with E-state index in [1.807, 2.05) is 39.2 Å². The Morgan fingerprint density at radius 2 is 2.03 bits per heavy atom. The molecule has 4 aromatic rings. The molecule has 10 heteroatoms. The van der Waals surface area contributed by atoms with E-state index >= 15 is 0 Å². The number of nitrogens with one attached hydrogen (secondary N) is 2. The van der Waals surface area contributed by atoms with Crippen LogP contribution in [0.3, 0.4) is 0 Å². The van der Waals surface area contributed by atoms with Gasteiger partial charge in [0.15, 0.2) is 11.1 Å². The lowest BCUT2D eigenvalue weighted by molar-refractivity contribution is 0.0980. The number of pyridine rings is 1. The summed E-state index contributed by atoms with van der Waals surface area (Å²) in [6.45, 7) is 5.62. The fourth-order valence-electron chi connectivity index (χ4n) is 3.88. The Morgan fingerprint density at radius 3 is 2.71 bits per heavy atom. The molecule has 0 fully saturated rings. The number of benzene rings is 1. The first-order valence-corrected chi connectivity index (χ1v) is 12.1. The highest BCUT2D eigenvalue weighted by Crippen LogP contribution is 2.32. The van der Waals surface area contributed by atoms with Gasteiger partial charge in [-0.05, 0) is 44.5 Å². The van der Waals surface area contributed by atoms with Crippen LogP contribution in [-0.2, 0) is 7.05 Å². The number of hydrogen-bond acceptors (Lipinski definition) is 7. The molecule has 0 aliphatic carbocycles. The van der Waals surface area contributed by atoms with Gasteiger partial charge in [-0.1, -0.05) is 29.6 Å². The molecule has 0 aliphatic rings. The molecule has 0 saturated heterocycles. The minimum Gasteiger partial charge on any atom is -0.455 e. The molecule has 1 unspecified atom stereocenters. The van der Waals surface area contributed by atoms with E-state index in [4.69, 9.17) is 16.0 Å². The van der Waals surface area contributed by atoms with Crippen molar-refractivity contribution in [2.24, 2.45) is 7.05 Å². The van der Waals surface area contributed by atoms with Crippen molar-refractivity contribution in [3.8, 4) is 11.3 Å². The van der Waals surface area contributed by atoms with Crippen molar-refractivity contribution in [2.75, 3.05) is 11.6 Å². The molecule has 1 aromatic carbocycles. The molecule has 0 spiro atoms. The first-order chi connectivity index (χ1) is 16.2. The van der Waals surface area contributed by atoms with E-state index in [1.165, 1.54) is 11.9 Å². The van der Waals surface area contributed by atoms with E-state index in [2.05, 4.69) is 20.1 Å². The minimum absolute atomic E-state index is 0.0922. The highest BCUT2D eigenvalue weighted by Gasteiger charge is 2.21. The number of aromatic nitrogens is 3. The zero-order chi connectivity index (χ0) is 24.6. The van der Waals surface area contributed by atoms with Crippen molar-refractivity contribution in [2.45, 2.75) is 26.8 Å². The standard InChI is InChI=1S/C24H24ClN5O3S/c1-12-8-16(14(3)27-18-6-7-19(25)28-20(18)24(32)29-34-5)23-17(9-12)21(31)13(2)22(33-23)15-10-26-30(4)11-15/h6-11,14,27H,1-5H3,(H,29,32). The SMILES string of the molecule is CSNC(=O)c1nc(Cl)ccc1NC(C)c1cc(C)cc2c(=O)c(C)c(-c3cnn(C)c3)oc12. The Hall–Kier alpha value is -3.30. The molecule has 8 nitrogen and oxygen atoms in total. The monoisotopic (exact) mass is 497 g/mol. The van der Waals surface area contributed by atoms with Gasteiger partial charge < -0.3 is 9.73 Å². The number of aryl methyl sites for hydroxylation is 2. The first kappa shape index (κ1) is 23.8. The topological polar surface area (TPSA) is 102 Å². The number of rotatable bonds is 6. The van der Waals surface area contributed by atoms with E-state index in [-0.39, 0.29) is 28.2 Å². The number of halogens is 1. The van der Waals surface area contributed by atoms with Gasteiger partial charge in [0.2, 0.25) is 0 Å². The van der Waals surface area contributed by atoms with Crippen LogP contribution < -0.4 is 15.5 Å². The van der Waals surface area contributed by atoms with Gasteiger partial charge in [0.1, 0.15) is 16.5 Å². The number of carbonyl (C=O) groups is 1. The summed E-state index contributed by atoms with van der Waals surface area (Å²) in [6.07, 6.45) is 5.23. The largest absolute Gasteiger partial charge is 0.455 e. The maximum absolute atomic E-state index is 13.3. The second kappa shape index (κ2) is 9.52. The molecule has 0 bridgehead atoms. The smallest absolute Gasteiger partial charge is 0.281 e. The third kappa shape index (κ3) is 4.53. The summed E-state index contributed by atoms with van der Waals surface area (Å²) in [7, 11) is 1.81. The highest BCUT2D eigenvalue weighted by atomic mass is 35.5. The van der Waals surface area contributed by atoms with Crippen LogP contribution in [0.1, 0.15) is 40.1 Å². The van der Waals surface area contributed by atoms with E-state index in [0.717, 1.165) is 16.7 Å². The van der Waals surface area contributed by atoms with Gasteiger partial charge in [-0.25, -0.2) is 4.98 Å². The molecule has 3 heterocycles. The molecule has 1 amide bonds. The second-order valence-electron chi connectivity index (χ2n) is 8.05. The number of carbonyl (C=O) groups excluding carboxylic acids is 1. The lowest BCUT2D eigenvalue weighted by Crippen LogP contribution is -2.20. The van der Waals surface area contributed by atoms with Crippen LogP contribution in [0.2, 0.25) is 5.15 Å². The maximum Gasteiger partial charge on any atom is 0.281 e. The van der Waals surface area contributed by atoms with Gasteiger partial charge in [0, 0.05) is 30.6 Å². The predicted octanol–water partition coefficient (Wildman–Crippen LogP) is 5.04. The zero-order valence-electron chi connectivity index (χ0n) is 19.4. The Morgan fingerprint density at radius 1 is 1.26 bits per heavy atom. The van der Waals surface area contributed by atoms with Gasteiger partial charge in [-0.15, -0.1) is 0 Å². The lowest BCUT2D eigenvalue weighted by Gasteiger charge is -2.20. The summed E-state index contributed by atoms with van der Waals surface area (Å²) < 4.78 is 10.7. The van der Waals surface area contributed by atoms with Gasteiger partial charge in [0.05, 0.1) is 28.9 Å². The van der Waals surface area contributed by atoms with Crippen LogP contribution in [0.25, 0.3) is 22.3 Å². The van der Waals surface area contributed by atoms with E-state index in [1.54, 1.807) is 36.2 Å². The summed E-state index contributed by atoms with van der Waals surface area (Å²) in [5, 5.41) is 8.26. The molecule has 2 N–H and O–H groups in total. The first-order valence-electron chi connectivity index (χ1n) is 10.5. The average Bonchev–Trinajstić information content (AvgIpc) is 3.23. The molecular weight excluding hydrogens is 474 g/mol. The number of amides is 1. The van der Waals surface area contributed by atoms with Crippen molar-refractivity contribution in [3.63, 3.8) is 0 Å². The molecule has 1 atom stereocenters.